The predicted molar refractivity (Wildman–Crippen MR) is 137 cm³/mol. The molecule has 0 aromatic carbocycles. The third-order valence-electron chi connectivity index (χ3n) is 8.91. The van der Waals surface area contributed by atoms with Crippen molar-refractivity contribution in [2.75, 3.05) is 6.61 Å². The van der Waals surface area contributed by atoms with Crippen LogP contribution in [-0.2, 0) is 4.74 Å². The van der Waals surface area contributed by atoms with E-state index in [0.29, 0.717) is 24.4 Å². The quantitative estimate of drug-likeness (QED) is 0.364. The third kappa shape index (κ3) is 6.83. The number of allylic oxidation sites excluding steroid dienone is 4. The molecule has 5 atom stereocenters. The van der Waals surface area contributed by atoms with E-state index in [4.69, 9.17) is 10.00 Å². The lowest BCUT2D eigenvalue weighted by Gasteiger charge is -2.44. The summed E-state index contributed by atoms with van der Waals surface area (Å²) in [6, 6.07) is 2.17. The van der Waals surface area contributed by atoms with Gasteiger partial charge in [0, 0.05) is 0 Å². The van der Waals surface area contributed by atoms with Crippen molar-refractivity contribution in [3.8, 4) is 6.07 Å². The van der Waals surface area contributed by atoms with Crippen molar-refractivity contribution in [1.29, 1.82) is 5.26 Å². The number of hydrogen-bond donors (Lipinski definition) is 1. The summed E-state index contributed by atoms with van der Waals surface area (Å²) < 4.78 is 5.93. The van der Waals surface area contributed by atoms with Crippen LogP contribution in [0.15, 0.2) is 35.5 Å². The topological polar surface area (TPSA) is 53.2 Å². The van der Waals surface area contributed by atoms with Crippen molar-refractivity contribution in [3.63, 3.8) is 0 Å². The largest absolute Gasteiger partial charge is 0.390 e. The highest BCUT2D eigenvalue weighted by molar-refractivity contribution is 5.36. The molecule has 0 aliphatic heterocycles. The zero-order valence-corrected chi connectivity index (χ0v) is 21.7. The maximum Gasteiger partial charge on any atom is 0.0645 e. The smallest absolute Gasteiger partial charge is 0.0645 e. The van der Waals surface area contributed by atoms with Gasteiger partial charge in [-0.15, -0.1) is 0 Å². The van der Waals surface area contributed by atoms with Crippen molar-refractivity contribution in [2.24, 2.45) is 23.2 Å². The van der Waals surface area contributed by atoms with Crippen molar-refractivity contribution < 1.29 is 9.84 Å². The lowest BCUT2D eigenvalue weighted by atomic mass is 9.60. The Hall–Kier alpha value is -1.37. The number of nitriles is 1. The second-order valence-corrected chi connectivity index (χ2v) is 12.0. The summed E-state index contributed by atoms with van der Waals surface area (Å²) in [6.45, 7) is 13.8. The Bertz CT molecular complexity index is 780. The third-order valence-corrected chi connectivity index (χ3v) is 8.91. The van der Waals surface area contributed by atoms with E-state index in [1.165, 1.54) is 49.7 Å². The molecule has 0 aromatic heterocycles. The second-order valence-electron chi connectivity index (χ2n) is 12.0. The first-order chi connectivity index (χ1) is 15.6. The molecule has 0 saturated heterocycles. The zero-order valence-electron chi connectivity index (χ0n) is 21.7. The first-order valence-electron chi connectivity index (χ1n) is 13.4. The van der Waals surface area contributed by atoms with Crippen LogP contribution < -0.4 is 0 Å². The summed E-state index contributed by atoms with van der Waals surface area (Å²) in [4.78, 5) is 0. The molecule has 3 rings (SSSR count). The summed E-state index contributed by atoms with van der Waals surface area (Å²) in [5.41, 5.74) is 4.14. The van der Waals surface area contributed by atoms with E-state index in [-0.39, 0.29) is 6.10 Å². The Morgan fingerprint density at radius 2 is 2.06 bits per heavy atom. The molecule has 184 valence electrons. The molecule has 3 nitrogen and oxygen atoms in total. The van der Waals surface area contributed by atoms with Gasteiger partial charge in [-0.1, -0.05) is 56.6 Å². The van der Waals surface area contributed by atoms with Gasteiger partial charge < -0.3 is 9.84 Å². The Kier molecular flexibility index (Phi) is 9.04. The van der Waals surface area contributed by atoms with Crippen LogP contribution in [0.25, 0.3) is 0 Å². The van der Waals surface area contributed by atoms with Crippen LogP contribution in [0.5, 0.6) is 0 Å². The Morgan fingerprint density at radius 3 is 2.79 bits per heavy atom. The van der Waals surface area contributed by atoms with Crippen LogP contribution in [0.1, 0.15) is 105 Å². The van der Waals surface area contributed by atoms with E-state index < -0.39 is 5.60 Å². The molecule has 0 bridgehead atoms. The summed E-state index contributed by atoms with van der Waals surface area (Å²) in [6.07, 6.45) is 18.3. The van der Waals surface area contributed by atoms with Gasteiger partial charge in [0.15, 0.2) is 0 Å². The van der Waals surface area contributed by atoms with Gasteiger partial charge in [-0.25, -0.2) is 0 Å². The number of rotatable bonds is 9. The van der Waals surface area contributed by atoms with Crippen LogP contribution in [0.2, 0.25) is 0 Å². The Balaban J connectivity index is 1.65. The molecule has 33 heavy (non-hydrogen) atoms. The zero-order chi connectivity index (χ0) is 24.1. The molecular weight excluding hydrogens is 406 g/mol. The van der Waals surface area contributed by atoms with Crippen LogP contribution in [-0.4, -0.2) is 23.4 Å². The van der Waals surface area contributed by atoms with E-state index in [2.05, 4.69) is 38.6 Å². The van der Waals surface area contributed by atoms with E-state index in [1.54, 1.807) is 5.57 Å². The van der Waals surface area contributed by atoms with Gasteiger partial charge in [0.05, 0.1) is 30.8 Å². The highest BCUT2D eigenvalue weighted by Gasteiger charge is 2.50. The number of nitrogens with zero attached hydrogens (tertiary/aromatic N) is 1. The standard InChI is InChI=1S/C30H47NO2/c1-22-11-14-26(33-20-8-19-31)21-25(22)13-12-24-10-7-18-30(5)27(15-16-28(24)30)23(2)9-6-17-29(3,4)32/h12-13,23,26-28,32H,1,6-11,14-18,20-21H2,2-5H3/b24-12?,25-13-/t23-,26+,27-,28?,30-/m1/s1. The van der Waals surface area contributed by atoms with Crippen LogP contribution in [0.3, 0.4) is 0 Å². The summed E-state index contributed by atoms with van der Waals surface area (Å²) >= 11 is 0. The summed E-state index contributed by atoms with van der Waals surface area (Å²) in [5.74, 6) is 2.23. The molecule has 0 aromatic rings. The van der Waals surface area contributed by atoms with Crippen LogP contribution in [0.4, 0.5) is 0 Å². The first-order valence-corrected chi connectivity index (χ1v) is 13.4. The normalized spacial score (nSPS) is 33.8. The van der Waals surface area contributed by atoms with Crippen LogP contribution >= 0.6 is 0 Å². The molecule has 3 saturated carbocycles. The SMILES string of the molecule is C=C1CC[C@H](OCCC#N)C/C1=C/C=C1CCC[C@@]2(C)C1CC[C@@H]2[C@H](C)CCCC(C)(C)O. The summed E-state index contributed by atoms with van der Waals surface area (Å²) in [5, 5.41) is 18.9. The van der Waals surface area contributed by atoms with Crippen molar-refractivity contribution in [2.45, 2.75) is 116 Å². The molecule has 3 heteroatoms. The molecule has 0 spiro atoms. The van der Waals surface area contributed by atoms with E-state index in [9.17, 15) is 5.11 Å². The average Bonchev–Trinajstić information content (AvgIpc) is 3.10. The molecule has 3 aliphatic carbocycles. The molecule has 3 fully saturated rings. The number of fused-ring (bicyclic) bond motifs is 1. The van der Waals surface area contributed by atoms with Crippen molar-refractivity contribution in [3.05, 3.63) is 35.5 Å². The lowest BCUT2D eigenvalue weighted by molar-refractivity contribution is 0.0478. The van der Waals surface area contributed by atoms with E-state index in [0.717, 1.165) is 43.9 Å². The molecule has 1 unspecified atom stereocenters. The van der Waals surface area contributed by atoms with Crippen molar-refractivity contribution >= 4 is 0 Å². The molecule has 0 heterocycles. The summed E-state index contributed by atoms with van der Waals surface area (Å²) in [7, 11) is 0. The predicted octanol–water partition coefficient (Wildman–Crippen LogP) is 7.67. The van der Waals surface area contributed by atoms with Gasteiger partial charge in [-0.3, -0.25) is 0 Å². The molecular formula is C30H47NO2. The monoisotopic (exact) mass is 453 g/mol. The van der Waals surface area contributed by atoms with Gasteiger partial charge in [0.1, 0.15) is 0 Å². The number of ether oxygens (including phenoxy) is 1. The van der Waals surface area contributed by atoms with Gasteiger partial charge >= 0.3 is 0 Å². The lowest BCUT2D eigenvalue weighted by Crippen LogP contribution is -2.36. The molecule has 1 N–H and O–H groups in total. The average molecular weight is 454 g/mol. The highest BCUT2D eigenvalue weighted by atomic mass is 16.5. The minimum atomic E-state index is -0.543. The fourth-order valence-electron chi connectivity index (χ4n) is 7.07. The molecule has 0 amide bonds. The minimum absolute atomic E-state index is 0.228. The second kappa shape index (κ2) is 11.4. The van der Waals surface area contributed by atoms with E-state index >= 15 is 0 Å². The maximum absolute atomic E-state index is 10.1. The maximum atomic E-state index is 10.1. The molecule has 3 aliphatic rings. The highest BCUT2D eigenvalue weighted by Crippen LogP contribution is 2.60. The minimum Gasteiger partial charge on any atom is -0.390 e. The van der Waals surface area contributed by atoms with Gasteiger partial charge in [0.2, 0.25) is 0 Å². The van der Waals surface area contributed by atoms with Crippen molar-refractivity contribution in [1.82, 2.24) is 0 Å². The fourth-order valence-corrected chi connectivity index (χ4v) is 7.07. The Labute approximate surface area is 203 Å². The Morgan fingerprint density at radius 1 is 1.27 bits per heavy atom. The van der Waals surface area contributed by atoms with Gasteiger partial charge in [-0.2, -0.15) is 5.26 Å². The van der Waals surface area contributed by atoms with Crippen LogP contribution in [0, 0.1) is 34.5 Å². The molecule has 0 radical (unpaired) electrons. The first kappa shape index (κ1) is 26.2. The number of aliphatic hydroxyl groups is 1. The van der Waals surface area contributed by atoms with Gasteiger partial charge in [0.25, 0.3) is 0 Å². The van der Waals surface area contributed by atoms with E-state index in [1.807, 2.05) is 13.8 Å². The van der Waals surface area contributed by atoms with Gasteiger partial charge in [-0.05, 0) is 100 Å². The number of hydrogen-bond acceptors (Lipinski definition) is 3. The fraction of sp³-hybridized carbons (Fsp3) is 0.767.